The van der Waals surface area contributed by atoms with E-state index in [-0.39, 0.29) is 11.9 Å². The lowest BCUT2D eigenvalue weighted by Crippen LogP contribution is -2.05. The first-order valence-corrected chi connectivity index (χ1v) is 13.7. The van der Waals surface area contributed by atoms with E-state index in [0.29, 0.717) is 19.6 Å². The molecule has 0 aliphatic rings. The molecule has 0 aliphatic carbocycles. The van der Waals surface area contributed by atoms with Crippen LogP contribution in [0.4, 0.5) is 0 Å². The summed E-state index contributed by atoms with van der Waals surface area (Å²) in [5.74, 6) is -0.212. The number of carbonyl (C=O) groups excluding carboxylic acids is 2. The molecule has 4 heteroatoms. The van der Waals surface area contributed by atoms with E-state index in [9.17, 15) is 9.59 Å². The molecule has 0 saturated heterocycles. The van der Waals surface area contributed by atoms with Gasteiger partial charge in [0.15, 0.2) is 0 Å². The van der Waals surface area contributed by atoms with E-state index in [0.717, 1.165) is 51.4 Å². The number of hydrogen-bond acceptors (Lipinski definition) is 4. The summed E-state index contributed by atoms with van der Waals surface area (Å²) in [6, 6.07) is 0. The maximum Gasteiger partial charge on any atom is 0.330 e. The van der Waals surface area contributed by atoms with Crippen molar-refractivity contribution in [2.24, 2.45) is 0 Å². The van der Waals surface area contributed by atoms with Crippen molar-refractivity contribution in [3.8, 4) is 0 Å². The van der Waals surface area contributed by atoms with Crippen molar-refractivity contribution >= 4 is 11.9 Å². The van der Waals surface area contributed by atoms with E-state index >= 15 is 0 Å². The maximum atomic E-state index is 11.6. The Kier molecular flexibility index (Phi) is 24.9. The standard InChI is InChI=1S/C28H52O4/c1-3-5-7-21-25-31-27(29)23-19-17-15-13-11-9-10-12-14-16-18-20-24-28(30)32-26-22-8-6-4-2/h19,23H,3-18,20-22,24-26H2,1-2H3/b23-19+. The van der Waals surface area contributed by atoms with Gasteiger partial charge in [-0.05, 0) is 32.1 Å². The molecule has 0 fully saturated rings. The van der Waals surface area contributed by atoms with Crippen LogP contribution in [-0.4, -0.2) is 25.2 Å². The molecular weight excluding hydrogens is 400 g/mol. The second kappa shape index (κ2) is 25.9. The largest absolute Gasteiger partial charge is 0.466 e. The maximum absolute atomic E-state index is 11.6. The summed E-state index contributed by atoms with van der Waals surface area (Å²) in [5, 5.41) is 0. The van der Waals surface area contributed by atoms with Gasteiger partial charge in [-0.25, -0.2) is 4.79 Å². The summed E-state index contributed by atoms with van der Waals surface area (Å²) < 4.78 is 10.5. The number of ether oxygens (including phenoxy) is 2. The van der Waals surface area contributed by atoms with Crippen LogP contribution in [0, 0.1) is 0 Å². The van der Waals surface area contributed by atoms with Gasteiger partial charge in [0.05, 0.1) is 13.2 Å². The smallest absolute Gasteiger partial charge is 0.330 e. The molecule has 0 heterocycles. The molecule has 0 N–H and O–H groups in total. The van der Waals surface area contributed by atoms with Crippen LogP contribution in [0.25, 0.3) is 0 Å². The lowest BCUT2D eigenvalue weighted by molar-refractivity contribution is -0.144. The third-order valence-corrected chi connectivity index (χ3v) is 5.76. The van der Waals surface area contributed by atoms with E-state index in [2.05, 4.69) is 13.8 Å². The van der Waals surface area contributed by atoms with Gasteiger partial charge in [-0.15, -0.1) is 0 Å². The van der Waals surface area contributed by atoms with Gasteiger partial charge >= 0.3 is 11.9 Å². The molecule has 0 amide bonds. The first-order valence-electron chi connectivity index (χ1n) is 13.7. The van der Waals surface area contributed by atoms with Gasteiger partial charge in [0.25, 0.3) is 0 Å². The Morgan fingerprint density at radius 1 is 0.562 bits per heavy atom. The highest BCUT2D eigenvalue weighted by Crippen LogP contribution is 2.12. The summed E-state index contributed by atoms with van der Waals surface area (Å²) >= 11 is 0. The quantitative estimate of drug-likeness (QED) is 0.0837. The Hall–Kier alpha value is -1.32. The van der Waals surface area contributed by atoms with Crippen molar-refractivity contribution in [3.63, 3.8) is 0 Å². The highest BCUT2D eigenvalue weighted by Gasteiger charge is 2.02. The van der Waals surface area contributed by atoms with Crippen molar-refractivity contribution in [1.82, 2.24) is 0 Å². The zero-order valence-electron chi connectivity index (χ0n) is 21.3. The Labute approximate surface area is 198 Å². The average Bonchev–Trinajstić information content (AvgIpc) is 2.79. The molecule has 0 aromatic heterocycles. The number of allylic oxidation sites excluding steroid dienone is 1. The zero-order chi connectivity index (χ0) is 23.5. The average molecular weight is 453 g/mol. The highest BCUT2D eigenvalue weighted by molar-refractivity contribution is 5.81. The minimum Gasteiger partial charge on any atom is -0.466 e. The van der Waals surface area contributed by atoms with E-state index < -0.39 is 0 Å². The Morgan fingerprint density at radius 3 is 1.59 bits per heavy atom. The van der Waals surface area contributed by atoms with Gasteiger partial charge in [-0.2, -0.15) is 0 Å². The molecule has 0 aromatic carbocycles. The molecule has 0 aliphatic heterocycles. The Bertz CT molecular complexity index is 445. The van der Waals surface area contributed by atoms with Crippen LogP contribution in [0.3, 0.4) is 0 Å². The van der Waals surface area contributed by atoms with Gasteiger partial charge < -0.3 is 9.47 Å². The molecule has 0 unspecified atom stereocenters. The van der Waals surface area contributed by atoms with Crippen molar-refractivity contribution < 1.29 is 19.1 Å². The van der Waals surface area contributed by atoms with Crippen molar-refractivity contribution in [2.75, 3.05) is 13.2 Å². The van der Waals surface area contributed by atoms with Crippen LogP contribution < -0.4 is 0 Å². The van der Waals surface area contributed by atoms with Crippen molar-refractivity contribution in [1.29, 1.82) is 0 Å². The minimum atomic E-state index is -0.194. The third kappa shape index (κ3) is 24.9. The Morgan fingerprint density at radius 2 is 1.03 bits per heavy atom. The molecule has 0 aromatic rings. The van der Waals surface area contributed by atoms with Gasteiger partial charge in [-0.3, -0.25) is 4.79 Å². The van der Waals surface area contributed by atoms with E-state index in [4.69, 9.17) is 9.47 Å². The van der Waals surface area contributed by atoms with Crippen LogP contribution in [0.1, 0.15) is 142 Å². The fourth-order valence-corrected chi connectivity index (χ4v) is 3.66. The predicted molar refractivity (Wildman–Crippen MR) is 135 cm³/mol. The first-order chi connectivity index (χ1) is 15.7. The molecule has 0 spiro atoms. The molecule has 0 saturated carbocycles. The van der Waals surface area contributed by atoms with Crippen molar-refractivity contribution in [2.45, 2.75) is 142 Å². The van der Waals surface area contributed by atoms with Gasteiger partial charge in [-0.1, -0.05) is 110 Å². The fraction of sp³-hybridized carbons (Fsp3) is 0.857. The van der Waals surface area contributed by atoms with Gasteiger partial charge in [0.1, 0.15) is 0 Å². The second-order valence-corrected chi connectivity index (χ2v) is 8.99. The van der Waals surface area contributed by atoms with Gasteiger partial charge in [0, 0.05) is 12.5 Å². The summed E-state index contributed by atoms with van der Waals surface area (Å²) in [7, 11) is 0. The van der Waals surface area contributed by atoms with E-state index in [1.165, 1.54) is 70.6 Å². The summed E-state index contributed by atoms with van der Waals surface area (Å²) in [6.45, 7) is 5.51. The minimum absolute atomic E-state index is 0.0179. The van der Waals surface area contributed by atoms with Crippen LogP contribution in [0.15, 0.2) is 12.2 Å². The summed E-state index contributed by atoms with van der Waals surface area (Å²) in [5.41, 5.74) is 0. The van der Waals surface area contributed by atoms with Gasteiger partial charge in [0.2, 0.25) is 0 Å². The molecule has 0 atom stereocenters. The van der Waals surface area contributed by atoms with Crippen molar-refractivity contribution in [3.05, 3.63) is 12.2 Å². The molecule has 0 bridgehead atoms. The normalized spacial score (nSPS) is 11.2. The predicted octanol–water partition coefficient (Wildman–Crippen LogP) is 8.47. The molecule has 32 heavy (non-hydrogen) atoms. The summed E-state index contributed by atoms with van der Waals surface area (Å²) in [6.07, 6.45) is 26.4. The molecule has 0 radical (unpaired) electrons. The topological polar surface area (TPSA) is 52.6 Å². The number of esters is 2. The van der Waals surface area contributed by atoms with E-state index in [1.54, 1.807) is 6.08 Å². The van der Waals surface area contributed by atoms with Crippen LogP contribution >= 0.6 is 0 Å². The number of rotatable bonds is 24. The summed E-state index contributed by atoms with van der Waals surface area (Å²) in [4.78, 5) is 23.2. The lowest BCUT2D eigenvalue weighted by Gasteiger charge is -2.05. The molecular formula is C28H52O4. The van der Waals surface area contributed by atoms with Crippen LogP contribution in [-0.2, 0) is 19.1 Å². The zero-order valence-corrected chi connectivity index (χ0v) is 21.3. The molecule has 4 nitrogen and oxygen atoms in total. The monoisotopic (exact) mass is 452 g/mol. The number of unbranched alkanes of at least 4 members (excludes halogenated alkanes) is 16. The first kappa shape index (κ1) is 30.7. The number of hydrogen-bond donors (Lipinski definition) is 0. The fourth-order valence-electron chi connectivity index (χ4n) is 3.66. The highest BCUT2D eigenvalue weighted by atomic mass is 16.5. The SMILES string of the molecule is CCCCCCOC(=O)/C=C/CCCCCCCCCCCCC(=O)OCCCCCC. The van der Waals surface area contributed by atoms with E-state index in [1.807, 2.05) is 6.08 Å². The van der Waals surface area contributed by atoms with Crippen LogP contribution in [0.5, 0.6) is 0 Å². The second-order valence-electron chi connectivity index (χ2n) is 8.99. The third-order valence-electron chi connectivity index (χ3n) is 5.76. The number of carbonyl (C=O) groups is 2. The molecule has 188 valence electrons. The lowest BCUT2D eigenvalue weighted by atomic mass is 10.1. The Balaban J connectivity index is 3.26. The molecule has 0 rings (SSSR count). The van der Waals surface area contributed by atoms with Crippen LogP contribution in [0.2, 0.25) is 0 Å².